The lowest BCUT2D eigenvalue weighted by Crippen LogP contribution is -1.96. The van der Waals surface area contributed by atoms with E-state index < -0.39 is 0 Å². The van der Waals surface area contributed by atoms with Crippen molar-refractivity contribution in [3.8, 4) is 0 Å². The van der Waals surface area contributed by atoms with Gasteiger partial charge < -0.3 is 5.11 Å². The summed E-state index contributed by atoms with van der Waals surface area (Å²) in [6, 6.07) is 5.86. The summed E-state index contributed by atoms with van der Waals surface area (Å²) in [5.74, 6) is 0. The summed E-state index contributed by atoms with van der Waals surface area (Å²) >= 11 is 8.00. The average Bonchev–Trinajstić information content (AvgIpc) is 2.16. The number of benzene rings is 1. The molecule has 0 bridgehead atoms. The third-order valence-electron chi connectivity index (χ3n) is 1.64. The third kappa shape index (κ3) is 2.62. The molecule has 0 spiro atoms. The van der Waals surface area contributed by atoms with Crippen LogP contribution in [0.15, 0.2) is 28.0 Å². The number of rotatable bonds is 3. The van der Waals surface area contributed by atoms with Crippen LogP contribution in [0.2, 0.25) is 0 Å². The molecule has 0 saturated carbocycles. The fraction of sp³-hybridized carbons (Fsp3) is 0.222. The zero-order valence-corrected chi connectivity index (χ0v) is 9.85. The molecule has 4 heteroatoms. The van der Waals surface area contributed by atoms with Gasteiger partial charge in [-0.15, -0.1) is 23.5 Å². The van der Waals surface area contributed by atoms with Gasteiger partial charge in [-0.2, -0.15) is 0 Å². The topological polar surface area (TPSA) is 20.2 Å². The van der Waals surface area contributed by atoms with E-state index in [1.54, 1.807) is 23.5 Å². The van der Waals surface area contributed by atoms with Crippen LogP contribution in [-0.4, -0.2) is 22.7 Å². The van der Waals surface area contributed by atoms with Crippen LogP contribution in [0, 0.1) is 0 Å². The fourth-order valence-electron chi connectivity index (χ4n) is 0.975. The Bertz CT molecular complexity index is 323. The van der Waals surface area contributed by atoms with Gasteiger partial charge in [0, 0.05) is 15.4 Å². The van der Waals surface area contributed by atoms with Crippen molar-refractivity contribution in [3.63, 3.8) is 0 Å². The highest BCUT2D eigenvalue weighted by atomic mass is 32.2. The molecule has 0 saturated heterocycles. The summed E-state index contributed by atoms with van der Waals surface area (Å²) in [6.45, 7) is 0. The molecule has 0 aliphatic heterocycles. The summed E-state index contributed by atoms with van der Waals surface area (Å²) in [7, 11) is 0. The van der Waals surface area contributed by atoms with Gasteiger partial charge in [0.2, 0.25) is 0 Å². The Kier molecular flexibility index (Phi) is 4.09. The summed E-state index contributed by atoms with van der Waals surface area (Å²) in [5, 5.41) is 9.18. The van der Waals surface area contributed by atoms with Crippen LogP contribution < -0.4 is 0 Å². The third-order valence-corrected chi connectivity index (χ3v) is 3.36. The zero-order valence-electron chi connectivity index (χ0n) is 7.40. The molecule has 0 heterocycles. The van der Waals surface area contributed by atoms with Gasteiger partial charge in [0.1, 0.15) is 0 Å². The van der Waals surface area contributed by atoms with Gasteiger partial charge in [0.05, 0.1) is 0 Å². The Labute approximate surface area is 91.9 Å². The predicted octanol–water partition coefficient (Wildman–Crippen LogP) is 3.36. The SMILES string of the molecule is CSc1ccc(C(O)=S)c(SC)c1. The van der Waals surface area contributed by atoms with Crippen molar-refractivity contribution in [1.29, 1.82) is 0 Å². The van der Waals surface area contributed by atoms with Crippen molar-refractivity contribution in [2.24, 2.45) is 0 Å². The Morgan fingerprint density at radius 2 is 2.00 bits per heavy atom. The average molecular weight is 230 g/mol. The monoisotopic (exact) mass is 230 g/mol. The lowest BCUT2D eigenvalue weighted by atomic mass is 10.2. The van der Waals surface area contributed by atoms with Crippen LogP contribution in [0.4, 0.5) is 0 Å². The van der Waals surface area contributed by atoms with Crippen LogP contribution in [0.3, 0.4) is 0 Å². The maximum absolute atomic E-state index is 9.21. The maximum Gasteiger partial charge on any atom is 0.189 e. The van der Waals surface area contributed by atoms with Gasteiger partial charge in [-0.3, -0.25) is 0 Å². The minimum absolute atomic E-state index is 0.0306. The first-order valence-corrected chi connectivity index (χ1v) is 6.50. The van der Waals surface area contributed by atoms with Crippen molar-refractivity contribution in [2.45, 2.75) is 9.79 Å². The highest BCUT2D eigenvalue weighted by Gasteiger charge is 2.06. The number of aliphatic hydroxyl groups is 1. The molecule has 70 valence electrons. The van der Waals surface area contributed by atoms with Gasteiger partial charge in [-0.05, 0) is 42.9 Å². The molecule has 1 aromatic carbocycles. The van der Waals surface area contributed by atoms with Gasteiger partial charge in [0.15, 0.2) is 5.05 Å². The number of thiocarbonyl (C=S) groups is 1. The van der Waals surface area contributed by atoms with Gasteiger partial charge in [-0.1, -0.05) is 0 Å². The van der Waals surface area contributed by atoms with Crippen molar-refractivity contribution >= 4 is 40.8 Å². The molecule has 0 aliphatic rings. The van der Waals surface area contributed by atoms with Crippen LogP contribution >= 0.6 is 35.7 Å². The Morgan fingerprint density at radius 3 is 2.46 bits per heavy atom. The molecule has 0 fully saturated rings. The number of thioether (sulfide) groups is 2. The number of hydrogen-bond donors (Lipinski definition) is 1. The molecule has 1 N–H and O–H groups in total. The van der Waals surface area contributed by atoms with Gasteiger partial charge in [-0.25, -0.2) is 0 Å². The highest BCUT2D eigenvalue weighted by molar-refractivity contribution is 7.99. The fourth-order valence-corrected chi connectivity index (χ4v) is 2.36. The van der Waals surface area contributed by atoms with E-state index in [2.05, 4.69) is 0 Å². The lowest BCUT2D eigenvalue weighted by Gasteiger charge is -2.05. The van der Waals surface area contributed by atoms with Crippen LogP contribution in [0.25, 0.3) is 0 Å². The molecule has 0 aliphatic carbocycles. The second-order valence-corrected chi connectivity index (χ2v) is 4.49. The Hall–Kier alpha value is -0.190. The van der Waals surface area contributed by atoms with Crippen molar-refractivity contribution < 1.29 is 5.11 Å². The smallest absolute Gasteiger partial charge is 0.189 e. The van der Waals surface area contributed by atoms with Crippen molar-refractivity contribution in [1.82, 2.24) is 0 Å². The molecule has 1 aromatic rings. The van der Waals surface area contributed by atoms with E-state index in [1.807, 2.05) is 30.7 Å². The normalized spacial score (nSPS) is 10.0. The van der Waals surface area contributed by atoms with Gasteiger partial charge in [0.25, 0.3) is 0 Å². The first-order valence-electron chi connectivity index (χ1n) is 3.64. The summed E-state index contributed by atoms with van der Waals surface area (Å²) in [6.07, 6.45) is 4.00. The number of aliphatic hydroxyl groups excluding tert-OH is 1. The predicted molar refractivity (Wildman–Crippen MR) is 64.3 cm³/mol. The van der Waals surface area contributed by atoms with Gasteiger partial charge >= 0.3 is 0 Å². The minimum Gasteiger partial charge on any atom is -0.498 e. The zero-order chi connectivity index (χ0) is 9.84. The first-order chi connectivity index (χ1) is 6.19. The van der Waals surface area contributed by atoms with E-state index in [0.717, 1.165) is 10.5 Å². The van der Waals surface area contributed by atoms with Crippen LogP contribution in [-0.2, 0) is 0 Å². The second-order valence-electron chi connectivity index (χ2n) is 2.37. The highest BCUT2D eigenvalue weighted by Crippen LogP contribution is 2.26. The largest absolute Gasteiger partial charge is 0.498 e. The van der Waals surface area contributed by atoms with Crippen LogP contribution in [0.5, 0.6) is 0 Å². The van der Waals surface area contributed by atoms with E-state index in [1.165, 1.54) is 4.90 Å². The van der Waals surface area contributed by atoms with E-state index in [4.69, 9.17) is 12.2 Å². The molecule has 0 radical (unpaired) electrons. The molecule has 0 amide bonds. The quantitative estimate of drug-likeness (QED) is 0.634. The molecule has 13 heavy (non-hydrogen) atoms. The number of hydrogen-bond acceptors (Lipinski definition) is 3. The van der Waals surface area contributed by atoms with E-state index in [0.29, 0.717) is 0 Å². The molecule has 0 unspecified atom stereocenters. The molecular formula is C9H10OS3. The first kappa shape index (κ1) is 10.9. The maximum atomic E-state index is 9.21. The molecule has 0 atom stereocenters. The Morgan fingerprint density at radius 1 is 1.31 bits per heavy atom. The van der Waals surface area contributed by atoms with E-state index >= 15 is 0 Å². The van der Waals surface area contributed by atoms with Crippen molar-refractivity contribution in [2.75, 3.05) is 12.5 Å². The summed E-state index contributed by atoms with van der Waals surface area (Å²) < 4.78 is 0. The van der Waals surface area contributed by atoms with Crippen LogP contribution in [0.1, 0.15) is 5.56 Å². The van der Waals surface area contributed by atoms with E-state index in [9.17, 15) is 5.11 Å². The second kappa shape index (κ2) is 4.88. The molecule has 0 aromatic heterocycles. The molecular weight excluding hydrogens is 220 g/mol. The summed E-state index contributed by atoms with van der Waals surface area (Å²) in [5.41, 5.74) is 0.750. The molecule has 1 nitrogen and oxygen atoms in total. The summed E-state index contributed by atoms with van der Waals surface area (Å²) in [4.78, 5) is 2.21. The lowest BCUT2D eigenvalue weighted by molar-refractivity contribution is 0.569. The molecule has 1 rings (SSSR count). The minimum atomic E-state index is -0.0306. The standard InChI is InChI=1S/C9H10OS3/c1-12-6-3-4-7(9(10)11)8(5-6)13-2/h3-5H,1-2H3,(H,10,11). The Balaban J connectivity index is 3.15. The van der Waals surface area contributed by atoms with Crippen molar-refractivity contribution in [3.05, 3.63) is 23.8 Å². The van der Waals surface area contributed by atoms with E-state index in [-0.39, 0.29) is 5.05 Å².